The fourth-order valence-electron chi connectivity index (χ4n) is 1.44. The van der Waals surface area contributed by atoms with Crippen LogP contribution in [0.1, 0.15) is 5.56 Å². The van der Waals surface area contributed by atoms with E-state index in [1.54, 1.807) is 14.0 Å². The lowest BCUT2D eigenvalue weighted by Gasteiger charge is -1.95. The molecular formula is C11H11NO2. The summed E-state index contributed by atoms with van der Waals surface area (Å²) in [7, 11) is 1.61. The Bertz CT molecular complexity index is 494. The summed E-state index contributed by atoms with van der Waals surface area (Å²) in [6, 6.07) is 9.61. The van der Waals surface area contributed by atoms with Gasteiger partial charge in [0.15, 0.2) is 5.76 Å². The minimum atomic E-state index is -0.0798. The smallest absolute Gasteiger partial charge is 0.285 e. The molecule has 3 nitrogen and oxygen atoms in total. The van der Waals surface area contributed by atoms with Crippen LogP contribution in [0, 0.1) is 6.92 Å². The number of aryl methyl sites for hydroxylation is 1. The second-order valence-electron chi connectivity index (χ2n) is 3.21. The Morgan fingerprint density at radius 1 is 1.21 bits per heavy atom. The molecule has 1 heterocycles. The number of aromatic nitrogens is 1. The maximum absolute atomic E-state index is 11.4. The minimum absolute atomic E-state index is 0.0798. The van der Waals surface area contributed by atoms with Crippen molar-refractivity contribution in [3.63, 3.8) is 0 Å². The van der Waals surface area contributed by atoms with E-state index in [0.717, 1.165) is 5.56 Å². The van der Waals surface area contributed by atoms with Crippen LogP contribution in [0.2, 0.25) is 0 Å². The van der Waals surface area contributed by atoms with Crippen molar-refractivity contribution in [2.75, 3.05) is 0 Å². The third-order valence-electron chi connectivity index (χ3n) is 2.21. The van der Waals surface area contributed by atoms with Crippen LogP contribution in [0.3, 0.4) is 0 Å². The summed E-state index contributed by atoms with van der Waals surface area (Å²) in [6.45, 7) is 1.77. The zero-order valence-corrected chi connectivity index (χ0v) is 8.15. The molecule has 2 rings (SSSR count). The van der Waals surface area contributed by atoms with E-state index >= 15 is 0 Å². The van der Waals surface area contributed by atoms with Crippen molar-refractivity contribution >= 4 is 0 Å². The van der Waals surface area contributed by atoms with Gasteiger partial charge in [0.25, 0.3) is 5.56 Å². The van der Waals surface area contributed by atoms with E-state index in [4.69, 9.17) is 4.52 Å². The Labute approximate surface area is 81.6 Å². The zero-order valence-electron chi connectivity index (χ0n) is 8.15. The molecule has 0 aliphatic heterocycles. The fraction of sp³-hybridized carbons (Fsp3) is 0.182. The topological polar surface area (TPSA) is 35.1 Å². The highest BCUT2D eigenvalue weighted by Crippen LogP contribution is 2.20. The second-order valence-corrected chi connectivity index (χ2v) is 3.21. The maximum atomic E-state index is 11.4. The van der Waals surface area contributed by atoms with Crippen LogP contribution >= 0.6 is 0 Å². The molecule has 72 valence electrons. The van der Waals surface area contributed by atoms with E-state index in [9.17, 15) is 4.79 Å². The Hall–Kier alpha value is -1.77. The molecule has 14 heavy (non-hydrogen) atoms. The van der Waals surface area contributed by atoms with Gasteiger partial charge in [0.05, 0.1) is 5.56 Å². The number of benzene rings is 1. The summed E-state index contributed by atoms with van der Waals surface area (Å²) in [5.41, 5.74) is 1.50. The zero-order chi connectivity index (χ0) is 10.1. The molecule has 0 bridgehead atoms. The molecule has 0 saturated carbocycles. The predicted octanol–water partition coefficient (Wildman–Crippen LogP) is 1.95. The molecule has 0 unspecified atom stereocenters. The third-order valence-corrected chi connectivity index (χ3v) is 2.21. The van der Waals surface area contributed by atoms with Crippen LogP contribution in [-0.2, 0) is 7.05 Å². The summed E-state index contributed by atoms with van der Waals surface area (Å²) in [6.07, 6.45) is 0. The molecule has 3 heteroatoms. The van der Waals surface area contributed by atoms with Gasteiger partial charge in [-0.15, -0.1) is 0 Å². The molecule has 0 spiro atoms. The maximum Gasteiger partial charge on any atom is 0.285 e. The van der Waals surface area contributed by atoms with Crippen LogP contribution in [0.5, 0.6) is 0 Å². The normalized spacial score (nSPS) is 10.4. The molecular weight excluding hydrogens is 178 g/mol. The van der Waals surface area contributed by atoms with Crippen molar-refractivity contribution in [2.24, 2.45) is 7.05 Å². The average molecular weight is 189 g/mol. The summed E-state index contributed by atoms with van der Waals surface area (Å²) < 4.78 is 6.58. The fourth-order valence-corrected chi connectivity index (χ4v) is 1.44. The predicted molar refractivity (Wildman–Crippen MR) is 54.1 cm³/mol. The lowest BCUT2D eigenvalue weighted by Crippen LogP contribution is -2.11. The second kappa shape index (κ2) is 3.18. The molecule has 1 aromatic carbocycles. The lowest BCUT2D eigenvalue weighted by molar-refractivity contribution is 0.307. The summed E-state index contributed by atoms with van der Waals surface area (Å²) in [5, 5.41) is 0. The molecule has 0 amide bonds. The highest BCUT2D eigenvalue weighted by Gasteiger charge is 2.11. The van der Waals surface area contributed by atoms with E-state index in [0.29, 0.717) is 11.3 Å². The highest BCUT2D eigenvalue weighted by molar-refractivity contribution is 5.59. The first-order chi connectivity index (χ1) is 6.70. The Balaban J connectivity index is 2.64. The quantitative estimate of drug-likeness (QED) is 0.687. The van der Waals surface area contributed by atoms with Crippen LogP contribution in [0.4, 0.5) is 0 Å². The number of hydrogen-bond donors (Lipinski definition) is 0. The van der Waals surface area contributed by atoms with Gasteiger partial charge in [-0.2, -0.15) is 4.74 Å². The van der Waals surface area contributed by atoms with E-state index in [1.807, 2.05) is 30.3 Å². The van der Waals surface area contributed by atoms with Gasteiger partial charge < -0.3 is 4.52 Å². The largest absolute Gasteiger partial charge is 0.376 e. The Kier molecular flexibility index (Phi) is 2.00. The van der Waals surface area contributed by atoms with Crippen molar-refractivity contribution in [1.82, 2.24) is 4.74 Å². The monoisotopic (exact) mass is 189 g/mol. The molecule has 0 radical (unpaired) electrons. The van der Waals surface area contributed by atoms with Gasteiger partial charge in [-0.25, -0.2) is 0 Å². The molecule has 0 saturated heterocycles. The van der Waals surface area contributed by atoms with Gasteiger partial charge in [-0.1, -0.05) is 30.3 Å². The molecule has 0 N–H and O–H groups in total. The molecule has 1 aromatic heterocycles. The Morgan fingerprint density at radius 3 is 2.36 bits per heavy atom. The molecule has 0 aliphatic rings. The first kappa shape index (κ1) is 8.81. The number of nitrogens with zero attached hydrogens (tertiary/aromatic N) is 1. The number of rotatable bonds is 1. The van der Waals surface area contributed by atoms with Crippen molar-refractivity contribution in [1.29, 1.82) is 0 Å². The molecule has 0 atom stereocenters. The van der Waals surface area contributed by atoms with Gasteiger partial charge in [-0.3, -0.25) is 4.79 Å². The van der Waals surface area contributed by atoms with E-state index < -0.39 is 0 Å². The molecule has 0 aliphatic carbocycles. The van der Waals surface area contributed by atoms with Crippen LogP contribution in [0.15, 0.2) is 39.6 Å². The first-order valence-electron chi connectivity index (χ1n) is 4.42. The standard InChI is InChI=1S/C11H11NO2/c1-8-10(14-12(2)11(8)13)9-6-4-3-5-7-9/h3-7H,1-2H3. The minimum Gasteiger partial charge on any atom is -0.376 e. The SMILES string of the molecule is Cc1c(-c2ccccc2)on(C)c1=O. The summed E-state index contributed by atoms with van der Waals surface area (Å²) in [5.74, 6) is 0.651. The van der Waals surface area contributed by atoms with Gasteiger partial charge in [0.1, 0.15) is 0 Å². The van der Waals surface area contributed by atoms with E-state index in [1.165, 1.54) is 4.74 Å². The van der Waals surface area contributed by atoms with Crippen molar-refractivity contribution in [2.45, 2.75) is 6.92 Å². The van der Waals surface area contributed by atoms with Gasteiger partial charge in [-0.05, 0) is 6.92 Å². The van der Waals surface area contributed by atoms with Crippen LogP contribution < -0.4 is 5.56 Å². The summed E-state index contributed by atoms with van der Waals surface area (Å²) >= 11 is 0. The highest BCUT2D eigenvalue weighted by atomic mass is 16.5. The first-order valence-corrected chi connectivity index (χ1v) is 4.42. The van der Waals surface area contributed by atoms with Crippen molar-refractivity contribution in [3.8, 4) is 11.3 Å². The van der Waals surface area contributed by atoms with Crippen LogP contribution in [0.25, 0.3) is 11.3 Å². The van der Waals surface area contributed by atoms with E-state index in [-0.39, 0.29) is 5.56 Å². The number of hydrogen-bond acceptors (Lipinski definition) is 2. The van der Waals surface area contributed by atoms with Gasteiger partial charge in [0.2, 0.25) is 0 Å². The summed E-state index contributed by atoms with van der Waals surface area (Å²) in [4.78, 5) is 11.4. The van der Waals surface area contributed by atoms with Gasteiger partial charge >= 0.3 is 0 Å². The van der Waals surface area contributed by atoms with Gasteiger partial charge in [0, 0.05) is 12.6 Å². The Morgan fingerprint density at radius 2 is 1.86 bits per heavy atom. The lowest BCUT2D eigenvalue weighted by atomic mass is 10.1. The third kappa shape index (κ3) is 1.27. The molecule has 2 aromatic rings. The van der Waals surface area contributed by atoms with Crippen molar-refractivity contribution < 1.29 is 4.52 Å². The van der Waals surface area contributed by atoms with Crippen LogP contribution in [-0.4, -0.2) is 4.74 Å². The molecule has 0 fully saturated rings. The van der Waals surface area contributed by atoms with Crippen molar-refractivity contribution in [3.05, 3.63) is 46.2 Å². The average Bonchev–Trinajstić information content (AvgIpc) is 2.47. The van der Waals surface area contributed by atoms with E-state index in [2.05, 4.69) is 0 Å².